The van der Waals surface area contributed by atoms with Gasteiger partial charge in [0.2, 0.25) is 5.91 Å². The fraction of sp³-hybridized carbons (Fsp3) is 0.647. The Hall–Kier alpha value is -1.78. The minimum atomic E-state index is -0.305. The molecule has 1 aromatic heterocycles. The molecule has 1 rings (SSSR count). The van der Waals surface area contributed by atoms with Crippen molar-refractivity contribution >= 4 is 11.9 Å². The molecule has 0 aliphatic carbocycles. The standard InChI is InChI=1S/C17H28N2O3/c1-7-11(3)18-15(20)10-9-14-12(4)16(17(21)22-8-2)19(6)13(14)5/h11H,7-10H2,1-6H3,(H,18,20)/t11-/m1/s1. The smallest absolute Gasteiger partial charge is 0.355 e. The zero-order valence-electron chi connectivity index (χ0n) is 14.6. The number of ether oxygens (including phenoxy) is 1. The molecule has 124 valence electrons. The molecule has 1 N–H and O–H groups in total. The first-order chi connectivity index (χ1) is 10.3. The van der Waals surface area contributed by atoms with Gasteiger partial charge in [-0.25, -0.2) is 4.79 Å². The molecule has 0 fully saturated rings. The van der Waals surface area contributed by atoms with Gasteiger partial charge in [0.05, 0.1) is 6.61 Å². The van der Waals surface area contributed by atoms with Gasteiger partial charge in [-0.1, -0.05) is 6.92 Å². The molecule has 0 aliphatic heterocycles. The molecule has 5 nitrogen and oxygen atoms in total. The van der Waals surface area contributed by atoms with E-state index in [0.29, 0.717) is 25.1 Å². The highest BCUT2D eigenvalue weighted by Gasteiger charge is 2.22. The summed E-state index contributed by atoms with van der Waals surface area (Å²) in [5.74, 6) is -0.254. The summed E-state index contributed by atoms with van der Waals surface area (Å²) in [6.07, 6.45) is 1.98. The van der Waals surface area contributed by atoms with Gasteiger partial charge in [0, 0.05) is 25.2 Å². The summed E-state index contributed by atoms with van der Waals surface area (Å²) in [6.45, 7) is 10.1. The summed E-state index contributed by atoms with van der Waals surface area (Å²) in [7, 11) is 1.86. The number of aromatic nitrogens is 1. The molecule has 0 bridgehead atoms. The van der Waals surface area contributed by atoms with Crippen molar-refractivity contribution in [1.29, 1.82) is 0 Å². The normalized spacial score (nSPS) is 12.1. The Morgan fingerprint density at radius 2 is 1.91 bits per heavy atom. The molecular formula is C17H28N2O3. The molecule has 0 unspecified atom stereocenters. The average Bonchev–Trinajstić information content (AvgIpc) is 2.67. The van der Waals surface area contributed by atoms with E-state index in [9.17, 15) is 9.59 Å². The zero-order valence-corrected chi connectivity index (χ0v) is 14.6. The maximum absolute atomic E-state index is 12.1. The second kappa shape index (κ2) is 8.01. The number of carbonyl (C=O) groups is 2. The van der Waals surface area contributed by atoms with Crippen LogP contribution in [-0.2, 0) is 23.0 Å². The van der Waals surface area contributed by atoms with E-state index in [2.05, 4.69) is 5.32 Å². The van der Waals surface area contributed by atoms with Crippen molar-refractivity contribution in [1.82, 2.24) is 9.88 Å². The first-order valence-corrected chi connectivity index (χ1v) is 7.94. The molecule has 0 spiro atoms. The molecule has 0 saturated heterocycles. The van der Waals surface area contributed by atoms with E-state index >= 15 is 0 Å². The molecule has 1 aromatic rings. The van der Waals surface area contributed by atoms with Gasteiger partial charge in [0.15, 0.2) is 0 Å². The molecule has 0 aromatic carbocycles. The Morgan fingerprint density at radius 1 is 1.27 bits per heavy atom. The van der Waals surface area contributed by atoms with Crippen molar-refractivity contribution in [3.05, 3.63) is 22.5 Å². The number of rotatable bonds is 7. The Bertz CT molecular complexity index is 547. The molecule has 22 heavy (non-hydrogen) atoms. The number of hydrogen-bond acceptors (Lipinski definition) is 3. The lowest BCUT2D eigenvalue weighted by molar-refractivity contribution is -0.121. The molecule has 1 atom stereocenters. The fourth-order valence-corrected chi connectivity index (χ4v) is 2.58. The highest BCUT2D eigenvalue weighted by molar-refractivity contribution is 5.90. The van der Waals surface area contributed by atoms with Crippen LogP contribution in [0, 0.1) is 13.8 Å². The third kappa shape index (κ3) is 4.12. The van der Waals surface area contributed by atoms with Crippen molar-refractivity contribution < 1.29 is 14.3 Å². The number of amides is 1. The fourth-order valence-electron chi connectivity index (χ4n) is 2.58. The SMILES string of the molecule is CCOC(=O)c1c(C)c(CCC(=O)N[C@H](C)CC)c(C)n1C. The van der Waals surface area contributed by atoms with Crippen LogP contribution in [-0.4, -0.2) is 29.1 Å². The lowest BCUT2D eigenvalue weighted by atomic mass is 10.0. The summed E-state index contributed by atoms with van der Waals surface area (Å²) in [4.78, 5) is 24.0. The van der Waals surface area contributed by atoms with Crippen LogP contribution in [0.5, 0.6) is 0 Å². The van der Waals surface area contributed by atoms with Gasteiger partial charge < -0.3 is 14.6 Å². The highest BCUT2D eigenvalue weighted by Crippen LogP contribution is 2.23. The van der Waals surface area contributed by atoms with Crippen molar-refractivity contribution in [3.63, 3.8) is 0 Å². The molecular weight excluding hydrogens is 280 g/mol. The molecule has 0 radical (unpaired) electrons. The largest absolute Gasteiger partial charge is 0.461 e. The van der Waals surface area contributed by atoms with Crippen LogP contribution in [0.15, 0.2) is 0 Å². The van der Waals surface area contributed by atoms with E-state index in [1.165, 1.54) is 0 Å². The minimum absolute atomic E-state index is 0.0506. The zero-order chi connectivity index (χ0) is 16.9. The lowest BCUT2D eigenvalue weighted by Gasteiger charge is -2.11. The number of nitrogens with zero attached hydrogens (tertiary/aromatic N) is 1. The predicted molar refractivity (Wildman–Crippen MR) is 87.1 cm³/mol. The van der Waals surface area contributed by atoms with Crippen LogP contribution >= 0.6 is 0 Å². The summed E-state index contributed by atoms with van der Waals surface area (Å²) in [5.41, 5.74) is 3.56. The van der Waals surface area contributed by atoms with Crippen LogP contribution in [0.2, 0.25) is 0 Å². The molecule has 0 aliphatic rings. The first kappa shape index (κ1) is 18.3. The van der Waals surface area contributed by atoms with E-state index in [1.807, 2.05) is 39.3 Å². The summed E-state index contributed by atoms with van der Waals surface area (Å²) in [5, 5.41) is 2.97. The second-order valence-corrected chi connectivity index (χ2v) is 5.69. The minimum Gasteiger partial charge on any atom is -0.461 e. The lowest BCUT2D eigenvalue weighted by Crippen LogP contribution is -2.32. The van der Waals surface area contributed by atoms with Crippen molar-refractivity contribution in [2.45, 2.75) is 59.9 Å². The molecule has 0 saturated carbocycles. The van der Waals surface area contributed by atoms with Gasteiger partial charge in [-0.3, -0.25) is 4.79 Å². The number of carbonyl (C=O) groups excluding carboxylic acids is 2. The van der Waals surface area contributed by atoms with Crippen LogP contribution < -0.4 is 5.32 Å². The quantitative estimate of drug-likeness (QED) is 0.788. The van der Waals surface area contributed by atoms with Crippen LogP contribution in [0.1, 0.15) is 60.9 Å². The van der Waals surface area contributed by atoms with Gasteiger partial charge in [-0.2, -0.15) is 0 Å². The van der Waals surface area contributed by atoms with E-state index < -0.39 is 0 Å². The molecule has 1 heterocycles. The maximum atomic E-state index is 12.1. The average molecular weight is 308 g/mol. The Kier molecular flexibility index (Phi) is 6.65. The van der Waals surface area contributed by atoms with E-state index in [0.717, 1.165) is 23.2 Å². The summed E-state index contributed by atoms with van der Waals surface area (Å²) in [6, 6.07) is 0.195. The highest BCUT2D eigenvalue weighted by atomic mass is 16.5. The van der Waals surface area contributed by atoms with Crippen molar-refractivity contribution in [2.75, 3.05) is 6.61 Å². The number of esters is 1. The van der Waals surface area contributed by atoms with Gasteiger partial charge >= 0.3 is 5.97 Å². The number of nitrogens with one attached hydrogen (secondary N) is 1. The van der Waals surface area contributed by atoms with Gasteiger partial charge in [0.25, 0.3) is 0 Å². The van der Waals surface area contributed by atoms with Crippen molar-refractivity contribution in [2.24, 2.45) is 7.05 Å². The predicted octanol–water partition coefficient (Wildman–Crippen LogP) is 2.67. The topological polar surface area (TPSA) is 60.3 Å². The van der Waals surface area contributed by atoms with Crippen molar-refractivity contribution in [3.8, 4) is 0 Å². The van der Waals surface area contributed by atoms with Gasteiger partial charge in [0.1, 0.15) is 5.69 Å². The van der Waals surface area contributed by atoms with Gasteiger partial charge in [-0.15, -0.1) is 0 Å². The maximum Gasteiger partial charge on any atom is 0.355 e. The van der Waals surface area contributed by atoms with Crippen LogP contribution in [0.3, 0.4) is 0 Å². The molecule has 1 amide bonds. The summed E-state index contributed by atoms with van der Waals surface area (Å²) < 4.78 is 6.97. The Morgan fingerprint density at radius 3 is 2.45 bits per heavy atom. The Balaban J connectivity index is 2.86. The second-order valence-electron chi connectivity index (χ2n) is 5.69. The third-order valence-electron chi connectivity index (χ3n) is 4.17. The molecule has 5 heteroatoms. The van der Waals surface area contributed by atoms with Crippen LogP contribution in [0.25, 0.3) is 0 Å². The van der Waals surface area contributed by atoms with E-state index in [-0.39, 0.29) is 17.9 Å². The Labute approximate surface area is 133 Å². The first-order valence-electron chi connectivity index (χ1n) is 7.94. The monoisotopic (exact) mass is 308 g/mol. The summed E-state index contributed by atoms with van der Waals surface area (Å²) >= 11 is 0. The van der Waals surface area contributed by atoms with E-state index in [1.54, 1.807) is 6.92 Å². The van der Waals surface area contributed by atoms with Crippen LogP contribution in [0.4, 0.5) is 0 Å². The van der Waals surface area contributed by atoms with E-state index in [4.69, 9.17) is 4.74 Å². The van der Waals surface area contributed by atoms with Gasteiger partial charge in [-0.05, 0) is 51.7 Å². The third-order valence-corrected chi connectivity index (χ3v) is 4.17. The number of hydrogen-bond donors (Lipinski definition) is 1.